The van der Waals surface area contributed by atoms with Gasteiger partial charge in [0.25, 0.3) is 0 Å². The molecule has 27 heavy (non-hydrogen) atoms. The molecule has 0 saturated carbocycles. The van der Waals surface area contributed by atoms with Crippen molar-refractivity contribution in [2.75, 3.05) is 0 Å². The zero-order chi connectivity index (χ0) is 19.2. The highest BCUT2D eigenvalue weighted by atomic mass is 79.9. The number of hydrogen-bond donors (Lipinski definition) is 0. The molecule has 0 aliphatic heterocycles. The van der Waals surface area contributed by atoms with E-state index in [2.05, 4.69) is 22.0 Å². The van der Waals surface area contributed by atoms with Gasteiger partial charge in [0.1, 0.15) is 24.0 Å². The second-order valence-corrected chi connectivity index (χ2v) is 6.66. The average molecular weight is 426 g/mol. The van der Waals surface area contributed by atoms with Crippen molar-refractivity contribution in [2.45, 2.75) is 6.61 Å². The maximum atomic E-state index is 13.8. The van der Waals surface area contributed by atoms with Gasteiger partial charge in [0.2, 0.25) is 0 Å². The molecule has 3 aromatic rings. The van der Waals surface area contributed by atoms with Gasteiger partial charge in [0.15, 0.2) is 0 Å². The van der Waals surface area contributed by atoms with Gasteiger partial charge in [-0.15, -0.1) is 0 Å². The van der Waals surface area contributed by atoms with E-state index in [-0.39, 0.29) is 12.4 Å². The van der Waals surface area contributed by atoms with E-state index >= 15 is 0 Å². The molecule has 3 rings (SSSR count). The van der Waals surface area contributed by atoms with E-state index in [1.54, 1.807) is 54.6 Å². The van der Waals surface area contributed by atoms with Gasteiger partial charge in [-0.2, -0.15) is 5.26 Å². The molecule has 0 heterocycles. The van der Waals surface area contributed by atoms with Crippen LogP contribution in [0, 0.1) is 23.0 Å². The zero-order valence-electron chi connectivity index (χ0n) is 14.1. The fourth-order valence-corrected chi connectivity index (χ4v) is 2.90. The first kappa shape index (κ1) is 18.8. The number of benzene rings is 3. The van der Waals surface area contributed by atoms with Crippen molar-refractivity contribution in [1.82, 2.24) is 0 Å². The standard InChI is InChI=1S/C22H14BrF2NO/c23-19-8-9-22(27-14-16-4-1-2-7-21(16)25)17(11-19)10-18(13-26)15-5-3-6-20(24)12-15/h1-12H,14H2/b18-10-. The van der Waals surface area contributed by atoms with E-state index in [1.807, 2.05) is 0 Å². The van der Waals surface area contributed by atoms with Gasteiger partial charge in [-0.25, -0.2) is 8.78 Å². The number of hydrogen-bond acceptors (Lipinski definition) is 2. The van der Waals surface area contributed by atoms with E-state index in [9.17, 15) is 14.0 Å². The van der Waals surface area contributed by atoms with Gasteiger partial charge in [-0.1, -0.05) is 46.3 Å². The highest BCUT2D eigenvalue weighted by Crippen LogP contribution is 2.29. The summed E-state index contributed by atoms with van der Waals surface area (Å²) >= 11 is 3.40. The summed E-state index contributed by atoms with van der Waals surface area (Å²) in [6, 6.07) is 19.6. The molecular formula is C22H14BrF2NO. The molecule has 5 heteroatoms. The Kier molecular flexibility index (Phi) is 6.00. The van der Waals surface area contributed by atoms with Crippen molar-refractivity contribution in [3.8, 4) is 11.8 Å². The second kappa shape index (κ2) is 8.61. The molecule has 0 fully saturated rings. The molecule has 0 atom stereocenters. The Morgan fingerprint density at radius 1 is 1.04 bits per heavy atom. The Balaban J connectivity index is 1.94. The Morgan fingerprint density at radius 3 is 2.59 bits per heavy atom. The third-order valence-electron chi connectivity index (χ3n) is 3.87. The normalized spacial score (nSPS) is 11.1. The van der Waals surface area contributed by atoms with Crippen molar-refractivity contribution in [3.63, 3.8) is 0 Å². The number of nitriles is 1. The van der Waals surface area contributed by atoms with Crippen LogP contribution in [-0.4, -0.2) is 0 Å². The number of ether oxygens (including phenoxy) is 1. The number of halogens is 3. The molecule has 0 amide bonds. The lowest BCUT2D eigenvalue weighted by atomic mass is 10.0. The lowest BCUT2D eigenvalue weighted by molar-refractivity contribution is 0.299. The maximum absolute atomic E-state index is 13.8. The van der Waals surface area contributed by atoms with Crippen molar-refractivity contribution in [2.24, 2.45) is 0 Å². The number of allylic oxidation sites excluding steroid dienone is 1. The van der Waals surface area contributed by atoms with Crippen molar-refractivity contribution < 1.29 is 13.5 Å². The van der Waals surface area contributed by atoms with Crippen LogP contribution >= 0.6 is 15.9 Å². The predicted molar refractivity (Wildman–Crippen MR) is 105 cm³/mol. The van der Waals surface area contributed by atoms with Crippen LogP contribution in [0.2, 0.25) is 0 Å². The van der Waals surface area contributed by atoms with Crippen LogP contribution in [0.25, 0.3) is 11.6 Å². The van der Waals surface area contributed by atoms with E-state index in [0.29, 0.717) is 28.0 Å². The Hall–Kier alpha value is -2.97. The molecule has 0 N–H and O–H groups in total. The first-order valence-electron chi connectivity index (χ1n) is 8.10. The number of nitrogens with zero attached hydrogens (tertiary/aromatic N) is 1. The van der Waals surface area contributed by atoms with Gasteiger partial charge >= 0.3 is 0 Å². The van der Waals surface area contributed by atoms with Gasteiger partial charge in [0, 0.05) is 15.6 Å². The van der Waals surface area contributed by atoms with Crippen LogP contribution in [0.3, 0.4) is 0 Å². The van der Waals surface area contributed by atoms with E-state index in [4.69, 9.17) is 4.74 Å². The van der Waals surface area contributed by atoms with Crippen LogP contribution in [-0.2, 0) is 6.61 Å². The topological polar surface area (TPSA) is 33.0 Å². The maximum Gasteiger partial charge on any atom is 0.129 e. The summed E-state index contributed by atoms with van der Waals surface area (Å²) in [6.45, 7) is 0.0526. The van der Waals surface area contributed by atoms with E-state index < -0.39 is 5.82 Å². The summed E-state index contributed by atoms with van der Waals surface area (Å²) in [5, 5.41) is 9.49. The van der Waals surface area contributed by atoms with Crippen molar-refractivity contribution in [3.05, 3.63) is 99.5 Å². The predicted octanol–water partition coefficient (Wildman–Crippen LogP) is 6.37. The summed E-state index contributed by atoms with van der Waals surface area (Å²) in [5.74, 6) is -0.270. The van der Waals surface area contributed by atoms with Crippen LogP contribution in [0.1, 0.15) is 16.7 Å². The highest BCUT2D eigenvalue weighted by Gasteiger charge is 2.09. The first-order chi connectivity index (χ1) is 13.1. The average Bonchev–Trinajstić information content (AvgIpc) is 2.66. The van der Waals surface area contributed by atoms with Crippen LogP contribution in [0.5, 0.6) is 5.75 Å². The summed E-state index contributed by atoms with van der Waals surface area (Å²) in [4.78, 5) is 0. The molecule has 0 saturated heterocycles. The Bertz CT molecular complexity index is 1040. The van der Waals surface area contributed by atoms with Crippen LogP contribution in [0.4, 0.5) is 8.78 Å². The quantitative estimate of drug-likeness (QED) is 0.351. The second-order valence-electron chi connectivity index (χ2n) is 5.74. The fourth-order valence-electron chi connectivity index (χ4n) is 2.53. The minimum Gasteiger partial charge on any atom is -0.488 e. The lowest BCUT2D eigenvalue weighted by Crippen LogP contribution is -1.99. The lowest BCUT2D eigenvalue weighted by Gasteiger charge is -2.11. The SMILES string of the molecule is N#C/C(=C/c1cc(Br)ccc1OCc1ccccc1F)c1cccc(F)c1. The minimum atomic E-state index is -0.418. The minimum absolute atomic E-state index is 0.0526. The molecule has 0 aliphatic carbocycles. The van der Waals surface area contributed by atoms with Crippen LogP contribution in [0.15, 0.2) is 71.2 Å². The van der Waals surface area contributed by atoms with Gasteiger partial charge in [0.05, 0.1) is 11.6 Å². The Morgan fingerprint density at radius 2 is 1.85 bits per heavy atom. The zero-order valence-corrected chi connectivity index (χ0v) is 15.7. The molecule has 0 aliphatic rings. The fraction of sp³-hybridized carbons (Fsp3) is 0.0455. The molecule has 2 nitrogen and oxygen atoms in total. The largest absolute Gasteiger partial charge is 0.488 e. The van der Waals surface area contributed by atoms with E-state index in [0.717, 1.165) is 4.47 Å². The third-order valence-corrected chi connectivity index (χ3v) is 4.36. The van der Waals surface area contributed by atoms with Gasteiger partial charge < -0.3 is 4.74 Å². The molecule has 0 spiro atoms. The molecule has 0 radical (unpaired) electrons. The molecule has 0 aromatic heterocycles. The van der Waals surface area contributed by atoms with Gasteiger partial charge in [-0.05, 0) is 48.0 Å². The highest BCUT2D eigenvalue weighted by molar-refractivity contribution is 9.10. The summed E-state index contributed by atoms with van der Waals surface area (Å²) < 4.78 is 33.9. The first-order valence-corrected chi connectivity index (χ1v) is 8.89. The number of rotatable bonds is 5. The molecular weight excluding hydrogens is 412 g/mol. The Labute approximate surface area is 164 Å². The summed E-state index contributed by atoms with van der Waals surface area (Å²) in [7, 11) is 0. The monoisotopic (exact) mass is 425 g/mol. The van der Waals surface area contributed by atoms with Gasteiger partial charge in [-0.3, -0.25) is 0 Å². The van der Waals surface area contributed by atoms with Crippen molar-refractivity contribution in [1.29, 1.82) is 5.26 Å². The molecule has 3 aromatic carbocycles. The smallest absolute Gasteiger partial charge is 0.129 e. The summed E-state index contributed by atoms with van der Waals surface area (Å²) in [5.41, 5.74) is 1.82. The summed E-state index contributed by atoms with van der Waals surface area (Å²) in [6.07, 6.45) is 1.62. The van der Waals surface area contributed by atoms with E-state index in [1.165, 1.54) is 18.2 Å². The van der Waals surface area contributed by atoms with Crippen molar-refractivity contribution >= 4 is 27.6 Å². The van der Waals surface area contributed by atoms with Crippen LogP contribution < -0.4 is 4.74 Å². The molecule has 0 bridgehead atoms. The third kappa shape index (κ3) is 4.81. The molecule has 0 unspecified atom stereocenters. The molecule has 134 valence electrons.